The van der Waals surface area contributed by atoms with E-state index in [0.717, 1.165) is 6.92 Å². The Morgan fingerprint density at radius 1 is 1.21 bits per heavy atom. The molecule has 0 saturated carbocycles. The van der Waals surface area contributed by atoms with E-state index in [1.165, 1.54) is 6.07 Å². The predicted molar refractivity (Wildman–Crippen MR) is 43.5 cm³/mol. The number of nitriles is 1. The average molecular weight is 205 g/mol. The lowest BCUT2D eigenvalue weighted by Crippen LogP contribution is -1.91. The summed E-state index contributed by atoms with van der Waals surface area (Å²) in [5, 5.41) is 8.18. The Hall–Kier alpha value is -1.57. The van der Waals surface area contributed by atoms with Crippen LogP contribution in [0.15, 0.2) is 35.5 Å². The predicted octanol–water partition coefficient (Wildman–Crippen LogP) is 3.78. The van der Waals surface area contributed by atoms with Gasteiger partial charge in [0, 0.05) is 5.57 Å². The van der Waals surface area contributed by atoms with Gasteiger partial charge in [-0.25, -0.2) is 17.6 Å². The summed E-state index contributed by atoms with van der Waals surface area (Å²) < 4.78 is 50.2. The van der Waals surface area contributed by atoms with E-state index in [2.05, 4.69) is 6.58 Å². The van der Waals surface area contributed by atoms with Crippen LogP contribution in [0.1, 0.15) is 13.3 Å². The monoisotopic (exact) mass is 205 g/mol. The topological polar surface area (TPSA) is 23.8 Å². The lowest BCUT2D eigenvalue weighted by molar-refractivity contribution is 0.509. The van der Waals surface area contributed by atoms with Crippen LogP contribution >= 0.6 is 0 Å². The van der Waals surface area contributed by atoms with Gasteiger partial charge < -0.3 is 0 Å². The summed E-state index contributed by atoms with van der Waals surface area (Å²) in [6.07, 6.45) is -0.762. The lowest BCUT2D eigenvalue weighted by atomic mass is 10.1. The van der Waals surface area contributed by atoms with E-state index in [0.29, 0.717) is 0 Å². The van der Waals surface area contributed by atoms with E-state index in [-0.39, 0.29) is 0 Å². The Kier molecular flexibility index (Phi) is 4.64. The number of hydrogen-bond acceptors (Lipinski definition) is 1. The normalized spacial score (nSPS) is 14.0. The van der Waals surface area contributed by atoms with Crippen LogP contribution in [0.4, 0.5) is 17.6 Å². The lowest BCUT2D eigenvalue weighted by Gasteiger charge is -2.01. The molecule has 5 heteroatoms. The maximum atomic E-state index is 12.8. The molecule has 0 spiro atoms. The molecule has 0 bridgehead atoms. The Balaban J connectivity index is 5.39. The van der Waals surface area contributed by atoms with Crippen LogP contribution in [0.25, 0.3) is 0 Å². The van der Waals surface area contributed by atoms with Gasteiger partial charge in [-0.2, -0.15) is 5.26 Å². The van der Waals surface area contributed by atoms with Crippen molar-refractivity contribution < 1.29 is 17.6 Å². The summed E-state index contributed by atoms with van der Waals surface area (Å²) in [7, 11) is 0. The average Bonchev–Trinajstić information content (AvgIpc) is 2.11. The minimum atomic E-state index is -1.64. The Bertz CT molecular complexity index is 342. The molecule has 76 valence electrons. The quantitative estimate of drug-likeness (QED) is 0.508. The third kappa shape index (κ3) is 3.05. The van der Waals surface area contributed by atoms with Crippen molar-refractivity contribution in [2.24, 2.45) is 0 Å². The molecule has 0 heterocycles. The number of halogens is 4. The van der Waals surface area contributed by atoms with E-state index in [4.69, 9.17) is 5.26 Å². The van der Waals surface area contributed by atoms with Crippen molar-refractivity contribution >= 4 is 0 Å². The number of nitrogens with zero attached hydrogens (tertiary/aromatic N) is 1. The molecule has 0 rings (SSSR count). The third-order valence-corrected chi connectivity index (χ3v) is 1.33. The van der Waals surface area contributed by atoms with Crippen LogP contribution in [0, 0.1) is 11.3 Å². The van der Waals surface area contributed by atoms with Gasteiger partial charge in [0.05, 0.1) is 12.5 Å². The first-order chi connectivity index (χ1) is 6.41. The fraction of sp³-hybridized carbons (Fsp3) is 0.222. The maximum absolute atomic E-state index is 12.8. The van der Waals surface area contributed by atoms with E-state index >= 15 is 0 Å². The van der Waals surface area contributed by atoms with Crippen molar-refractivity contribution in [2.75, 3.05) is 0 Å². The zero-order valence-electron chi connectivity index (χ0n) is 7.37. The van der Waals surface area contributed by atoms with Gasteiger partial charge in [-0.1, -0.05) is 6.58 Å². The second-order valence-electron chi connectivity index (χ2n) is 2.38. The second-order valence-corrected chi connectivity index (χ2v) is 2.38. The molecule has 0 N–H and O–H groups in total. The molecule has 0 radical (unpaired) electrons. The molecule has 0 aromatic heterocycles. The van der Waals surface area contributed by atoms with Gasteiger partial charge in [0.25, 0.3) is 0 Å². The highest BCUT2D eigenvalue weighted by atomic mass is 19.2. The fourth-order valence-corrected chi connectivity index (χ4v) is 0.702. The molecule has 0 aromatic carbocycles. The van der Waals surface area contributed by atoms with Gasteiger partial charge in [-0.05, 0) is 6.92 Å². The Labute approximate surface area is 78.6 Å². The smallest absolute Gasteiger partial charge is 0.165 e. The standard InChI is InChI=1S/C9H7F4N/c1-5(10)8(12)7(3-4-14)9(13)6(2)11/h1,3H2,2H3/b8-7+,9-6-. The molecule has 0 aliphatic heterocycles. The van der Waals surface area contributed by atoms with Crippen LogP contribution in [0.5, 0.6) is 0 Å². The van der Waals surface area contributed by atoms with Gasteiger partial charge in [0.15, 0.2) is 17.5 Å². The highest BCUT2D eigenvalue weighted by Crippen LogP contribution is 2.27. The molecule has 0 aliphatic carbocycles. The molecule has 0 atom stereocenters. The minimum absolute atomic E-state index is 0.737. The molecular weight excluding hydrogens is 198 g/mol. The zero-order valence-corrected chi connectivity index (χ0v) is 7.37. The first-order valence-corrected chi connectivity index (χ1v) is 3.54. The number of allylic oxidation sites excluding steroid dienone is 5. The van der Waals surface area contributed by atoms with Crippen molar-refractivity contribution in [3.63, 3.8) is 0 Å². The summed E-state index contributed by atoms with van der Waals surface area (Å²) in [5.74, 6) is -6.05. The van der Waals surface area contributed by atoms with E-state index in [1.807, 2.05) is 0 Å². The first kappa shape index (κ1) is 12.4. The van der Waals surface area contributed by atoms with Gasteiger partial charge in [-0.15, -0.1) is 0 Å². The molecule has 0 amide bonds. The molecule has 0 saturated heterocycles. The van der Waals surface area contributed by atoms with Crippen molar-refractivity contribution in [3.8, 4) is 6.07 Å². The third-order valence-electron chi connectivity index (χ3n) is 1.33. The Morgan fingerprint density at radius 2 is 1.71 bits per heavy atom. The molecule has 0 unspecified atom stereocenters. The molecular formula is C9H7F4N. The van der Waals surface area contributed by atoms with Crippen LogP contribution < -0.4 is 0 Å². The highest BCUT2D eigenvalue weighted by Gasteiger charge is 2.17. The van der Waals surface area contributed by atoms with Crippen LogP contribution in [-0.2, 0) is 0 Å². The van der Waals surface area contributed by atoms with Gasteiger partial charge in [0.1, 0.15) is 5.83 Å². The van der Waals surface area contributed by atoms with Crippen LogP contribution in [0.3, 0.4) is 0 Å². The van der Waals surface area contributed by atoms with Crippen LogP contribution in [0.2, 0.25) is 0 Å². The molecule has 1 nitrogen and oxygen atoms in total. The zero-order chi connectivity index (χ0) is 11.3. The van der Waals surface area contributed by atoms with Gasteiger partial charge in [0.2, 0.25) is 0 Å². The number of hydrogen-bond donors (Lipinski definition) is 0. The SMILES string of the molecule is C=C(F)/C(F)=C(CC#N)\C(F)=C(/C)F. The van der Waals surface area contributed by atoms with E-state index in [9.17, 15) is 17.6 Å². The molecule has 0 aromatic rings. The minimum Gasteiger partial charge on any atom is -0.209 e. The van der Waals surface area contributed by atoms with Crippen molar-refractivity contribution in [2.45, 2.75) is 13.3 Å². The summed E-state index contributed by atoms with van der Waals surface area (Å²) in [6.45, 7) is 3.32. The largest absolute Gasteiger partial charge is 0.209 e. The maximum Gasteiger partial charge on any atom is 0.165 e. The first-order valence-electron chi connectivity index (χ1n) is 3.54. The Morgan fingerprint density at radius 3 is 2.00 bits per heavy atom. The summed E-state index contributed by atoms with van der Waals surface area (Å²) in [4.78, 5) is 0. The molecule has 0 fully saturated rings. The summed E-state index contributed by atoms with van der Waals surface area (Å²) >= 11 is 0. The van der Waals surface area contributed by atoms with Gasteiger partial charge in [-0.3, -0.25) is 0 Å². The highest BCUT2D eigenvalue weighted by molar-refractivity contribution is 5.37. The molecule has 0 aliphatic rings. The van der Waals surface area contributed by atoms with Crippen molar-refractivity contribution in [1.29, 1.82) is 5.26 Å². The summed E-state index contributed by atoms with van der Waals surface area (Å²) in [5.41, 5.74) is -0.958. The van der Waals surface area contributed by atoms with E-state index < -0.39 is 35.3 Å². The number of rotatable bonds is 3. The molecule has 14 heavy (non-hydrogen) atoms. The fourth-order valence-electron chi connectivity index (χ4n) is 0.702. The van der Waals surface area contributed by atoms with Crippen LogP contribution in [-0.4, -0.2) is 0 Å². The van der Waals surface area contributed by atoms with Crippen molar-refractivity contribution in [3.05, 3.63) is 35.5 Å². The second kappa shape index (κ2) is 5.22. The summed E-state index contributed by atoms with van der Waals surface area (Å²) in [6, 6.07) is 1.39. The van der Waals surface area contributed by atoms with Crippen molar-refractivity contribution in [1.82, 2.24) is 0 Å². The van der Waals surface area contributed by atoms with E-state index in [1.54, 1.807) is 0 Å². The van der Waals surface area contributed by atoms with Gasteiger partial charge >= 0.3 is 0 Å².